The fourth-order valence-electron chi connectivity index (χ4n) is 4.75. The van der Waals surface area contributed by atoms with Crippen molar-refractivity contribution in [2.24, 2.45) is 5.92 Å². The van der Waals surface area contributed by atoms with Gasteiger partial charge in [0.1, 0.15) is 17.5 Å². The van der Waals surface area contributed by atoms with Crippen molar-refractivity contribution >= 4 is 63.5 Å². The van der Waals surface area contributed by atoms with Gasteiger partial charge in [-0.05, 0) is 47.8 Å². The molecule has 0 radical (unpaired) electrons. The number of fused-ring (bicyclic) bond motifs is 2. The Balaban J connectivity index is 1.38. The van der Waals surface area contributed by atoms with Crippen LogP contribution in [0.25, 0.3) is 0 Å². The van der Waals surface area contributed by atoms with E-state index in [1.54, 1.807) is 36.4 Å². The van der Waals surface area contributed by atoms with Crippen molar-refractivity contribution in [1.82, 2.24) is 4.57 Å². The van der Waals surface area contributed by atoms with Gasteiger partial charge >= 0.3 is 4.87 Å². The molecule has 3 amide bonds. The number of amides is 3. The number of phenolic OH excluding ortho intramolecular Hbond substituents is 1. The highest BCUT2D eigenvalue weighted by atomic mass is 32.2. The second kappa shape index (κ2) is 9.33. The molecule has 0 bridgehead atoms. The Morgan fingerprint density at radius 1 is 0.946 bits per heavy atom. The molecule has 3 atom stereocenters. The molecule has 37 heavy (non-hydrogen) atoms. The van der Waals surface area contributed by atoms with Gasteiger partial charge in [0.15, 0.2) is 0 Å². The highest BCUT2D eigenvalue weighted by Crippen LogP contribution is 2.54. The quantitative estimate of drug-likeness (QED) is 0.287. The summed E-state index contributed by atoms with van der Waals surface area (Å²) in [6, 6.07) is 18.7. The largest absolute Gasteiger partial charge is 0.508 e. The number of carbonyl (C=O) groups excluding carboxylic acids is 3. The van der Waals surface area contributed by atoms with Crippen LogP contribution in [0, 0.1) is 5.92 Å². The average molecular weight is 550 g/mol. The molecule has 186 valence electrons. The van der Waals surface area contributed by atoms with Crippen molar-refractivity contribution in [3.63, 3.8) is 0 Å². The lowest BCUT2D eigenvalue weighted by molar-refractivity contribution is -0.122. The molecule has 4 heterocycles. The summed E-state index contributed by atoms with van der Waals surface area (Å²) < 4.78 is 1.39. The van der Waals surface area contributed by atoms with E-state index in [0.717, 1.165) is 16.2 Å². The molecular formula is C26H19N3O5S3. The topological polar surface area (TPSA) is 109 Å². The molecule has 2 aromatic carbocycles. The number of phenols is 1. The fourth-order valence-corrected chi connectivity index (χ4v) is 8.47. The smallest absolute Gasteiger partial charge is 0.308 e. The van der Waals surface area contributed by atoms with Crippen LogP contribution in [0.1, 0.15) is 15.7 Å². The Labute approximate surface area is 223 Å². The first-order valence-corrected chi connectivity index (χ1v) is 14.0. The van der Waals surface area contributed by atoms with Gasteiger partial charge in [0, 0.05) is 21.4 Å². The Kier molecular flexibility index (Phi) is 5.98. The molecule has 2 aliphatic rings. The van der Waals surface area contributed by atoms with E-state index >= 15 is 0 Å². The van der Waals surface area contributed by atoms with Crippen molar-refractivity contribution < 1.29 is 19.5 Å². The van der Waals surface area contributed by atoms with E-state index < -0.39 is 23.0 Å². The van der Waals surface area contributed by atoms with Crippen molar-refractivity contribution in [1.29, 1.82) is 0 Å². The summed E-state index contributed by atoms with van der Waals surface area (Å²) in [6.07, 6.45) is 0. The van der Waals surface area contributed by atoms with Crippen LogP contribution in [-0.2, 0) is 20.9 Å². The van der Waals surface area contributed by atoms with Gasteiger partial charge in [-0.2, -0.15) is 0 Å². The predicted octanol–water partition coefficient (Wildman–Crippen LogP) is 4.11. The number of thiophene rings is 1. The number of anilines is 2. The number of aromatic nitrogens is 1. The maximum absolute atomic E-state index is 13.7. The molecule has 2 aliphatic heterocycles. The van der Waals surface area contributed by atoms with Crippen LogP contribution in [-0.4, -0.2) is 32.6 Å². The van der Waals surface area contributed by atoms with E-state index in [1.165, 1.54) is 44.7 Å². The molecule has 0 spiro atoms. The number of carbonyl (C=O) groups is 3. The molecule has 1 saturated heterocycles. The fraction of sp³-hybridized carbons (Fsp3) is 0.154. The molecule has 6 rings (SSSR count). The highest BCUT2D eigenvalue weighted by molar-refractivity contribution is 8.00. The summed E-state index contributed by atoms with van der Waals surface area (Å²) in [5, 5.41) is 13.9. The second-order valence-corrected chi connectivity index (χ2v) is 11.7. The number of aromatic hydroxyl groups is 1. The third-order valence-electron chi connectivity index (χ3n) is 6.37. The summed E-state index contributed by atoms with van der Waals surface area (Å²) in [5.41, 5.74) is 1.01. The van der Waals surface area contributed by atoms with E-state index in [0.29, 0.717) is 21.3 Å². The molecule has 0 unspecified atom stereocenters. The summed E-state index contributed by atoms with van der Waals surface area (Å²) in [7, 11) is 0. The lowest BCUT2D eigenvalue weighted by atomic mass is 9.87. The number of thioether (sulfide) groups is 1. The molecule has 0 saturated carbocycles. The molecular weight excluding hydrogens is 531 g/mol. The Morgan fingerprint density at radius 3 is 2.41 bits per heavy atom. The van der Waals surface area contributed by atoms with E-state index in [2.05, 4.69) is 5.32 Å². The van der Waals surface area contributed by atoms with Gasteiger partial charge in [-0.15, -0.1) is 11.3 Å². The number of nitrogens with zero attached hydrogens (tertiary/aromatic N) is 2. The maximum Gasteiger partial charge on any atom is 0.308 e. The van der Waals surface area contributed by atoms with Crippen LogP contribution in [0.2, 0.25) is 0 Å². The summed E-state index contributed by atoms with van der Waals surface area (Å²) in [5.74, 6) is -2.05. The van der Waals surface area contributed by atoms with Gasteiger partial charge in [-0.1, -0.05) is 47.4 Å². The lowest BCUT2D eigenvalue weighted by Gasteiger charge is -2.29. The van der Waals surface area contributed by atoms with Gasteiger partial charge < -0.3 is 10.4 Å². The van der Waals surface area contributed by atoms with Crippen LogP contribution in [0.5, 0.6) is 5.75 Å². The normalized spacial score (nSPS) is 20.5. The number of thiazole rings is 1. The van der Waals surface area contributed by atoms with Crippen molar-refractivity contribution in [3.8, 4) is 5.75 Å². The van der Waals surface area contributed by atoms with Gasteiger partial charge in [0.05, 0.1) is 16.6 Å². The number of nitrogens with one attached hydrogen (secondary N) is 1. The first-order valence-electron chi connectivity index (χ1n) is 11.4. The lowest BCUT2D eigenvalue weighted by Crippen LogP contribution is -2.32. The molecule has 11 heteroatoms. The molecule has 2 aromatic heterocycles. The second-order valence-electron chi connectivity index (χ2n) is 8.62. The van der Waals surface area contributed by atoms with Crippen LogP contribution in [0.15, 0.2) is 81.9 Å². The van der Waals surface area contributed by atoms with E-state index in [9.17, 15) is 24.3 Å². The predicted molar refractivity (Wildman–Crippen MR) is 144 cm³/mol. The Hall–Kier alpha value is -3.67. The van der Waals surface area contributed by atoms with Crippen molar-refractivity contribution in [2.45, 2.75) is 22.7 Å². The molecule has 1 fully saturated rings. The minimum absolute atomic E-state index is 0.0759. The zero-order valence-electron chi connectivity index (χ0n) is 19.1. The summed E-state index contributed by atoms with van der Waals surface area (Å²) in [6.45, 7) is -0.238. The van der Waals surface area contributed by atoms with Gasteiger partial charge in [0.25, 0.3) is 0 Å². The Bertz CT molecular complexity index is 1560. The van der Waals surface area contributed by atoms with Crippen LogP contribution in [0.4, 0.5) is 11.4 Å². The highest BCUT2D eigenvalue weighted by Gasteiger charge is 2.57. The van der Waals surface area contributed by atoms with E-state index in [1.807, 2.05) is 23.6 Å². The molecule has 2 N–H and O–H groups in total. The third-order valence-corrected chi connectivity index (χ3v) is 9.93. The zero-order valence-corrected chi connectivity index (χ0v) is 21.5. The number of hydrogen-bond donors (Lipinski definition) is 2. The van der Waals surface area contributed by atoms with Gasteiger partial charge in [0.2, 0.25) is 17.7 Å². The SMILES string of the molecule is O=C(Cn1c2c(sc1=O)[C@@H](c1cccs1)[C@@H]1C(=O)N(c3ccccc3)C(=O)[C@@H]1S2)Nc1ccc(O)cc1. The summed E-state index contributed by atoms with van der Waals surface area (Å²) in [4.78, 5) is 55.7. The first kappa shape index (κ1) is 23.7. The van der Waals surface area contributed by atoms with Gasteiger partial charge in [-0.25, -0.2) is 4.90 Å². The first-order chi connectivity index (χ1) is 17.9. The number of imide groups is 1. The number of hydrogen-bond acceptors (Lipinski definition) is 8. The van der Waals surface area contributed by atoms with Crippen molar-refractivity contribution in [2.75, 3.05) is 10.2 Å². The van der Waals surface area contributed by atoms with Crippen molar-refractivity contribution in [3.05, 3.63) is 91.5 Å². The monoisotopic (exact) mass is 549 g/mol. The van der Waals surface area contributed by atoms with E-state index in [-0.39, 0.29) is 29.0 Å². The third kappa shape index (κ3) is 4.08. The minimum Gasteiger partial charge on any atom is -0.508 e. The number of rotatable bonds is 5. The standard InChI is InChI=1S/C26H19N3O5S3/c30-16-10-8-14(9-11-16)27-18(31)13-28-25-22(37-26(28)34)19(17-7-4-12-35-17)20-21(36-25)24(33)29(23(20)32)15-5-2-1-3-6-15/h1-12,19-21,30H,13H2,(H,27,31)/t19-,20-,21+/m0/s1. The maximum atomic E-state index is 13.7. The zero-order chi connectivity index (χ0) is 25.7. The number of para-hydroxylation sites is 1. The molecule has 8 nitrogen and oxygen atoms in total. The number of benzene rings is 2. The van der Waals surface area contributed by atoms with Crippen LogP contribution in [0.3, 0.4) is 0 Å². The molecule has 0 aliphatic carbocycles. The summed E-state index contributed by atoms with van der Waals surface area (Å²) >= 11 is 3.69. The van der Waals surface area contributed by atoms with Crippen LogP contribution < -0.4 is 15.1 Å². The molecule has 4 aromatic rings. The minimum atomic E-state index is -0.715. The van der Waals surface area contributed by atoms with Gasteiger partial charge in [-0.3, -0.25) is 23.7 Å². The Morgan fingerprint density at radius 2 is 1.70 bits per heavy atom. The average Bonchev–Trinajstić information content (AvgIpc) is 3.59. The van der Waals surface area contributed by atoms with Crippen LogP contribution >= 0.6 is 34.4 Å². The van der Waals surface area contributed by atoms with E-state index in [4.69, 9.17) is 0 Å².